The minimum absolute atomic E-state index is 0.164. The first kappa shape index (κ1) is 19.2. The van der Waals surface area contributed by atoms with Crippen molar-refractivity contribution in [3.05, 3.63) is 83.0 Å². The van der Waals surface area contributed by atoms with Crippen LogP contribution in [0.4, 0.5) is 0 Å². The van der Waals surface area contributed by atoms with Crippen molar-refractivity contribution in [3.63, 3.8) is 0 Å². The van der Waals surface area contributed by atoms with Crippen LogP contribution < -0.4 is 0 Å². The maximum atomic E-state index is 6.63. The van der Waals surface area contributed by atoms with E-state index in [9.17, 15) is 0 Å². The van der Waals surface area contributed by atoms with Gasteiger partial charge in [0.2, 0.25) is 11.6 Å². The van der Waals surface area contributed by atoms with Crippen LogP contribution in [0.5, 0.6) is 0 Å². The highest BCUT2D eigenvalue weighted by Gasteiger charge is 2.62. The second-order valence-electron chi connectivity index (χ2n) is 9.02. The lowest BCUT2D eigenvalue weighted by Gasteiger charge is -2.40. The van der Waals surface area contributed by atoms with Gasteiger partial charge in [-0.2, -0.15) is 10.2 Å². The predicted molar refractivity (Wildman–Crippen MR) is 123 cm³/mol. The molecule has 2 spiro atoms. The van der Waals surface area contributed by atoms with E-state index in [1.54, 1.807) is 11.3 Å². The molecular weight excluding hydrogens is 396 g/mol. The average molecular weight is 421 g/mol. The van der Waals surface area contributed by atoms with Gasteiger partial charge in [0, 0.05) is 29.8 Å². The Bertz CT molecular complexity index is 1250. The summed E-state index contributed by atoms with van der Waals surface area (Å²) < 4.78 is 0. The molecule has 0 saturated heterocycles. The molecule has 0 fully saturated rings. The van der Waals surface area contributed by atoms with E-state index in [-0.39, 0.29) is 5.41 Å². The van der Waals surface area contributed by atoms with Crippen molar-refractivity contribution in [1.29, 1.82) is 0 Å². The summed E-state index contributed by atoms with van der Waals surface area (Å²) in [5.41, 5.74) is 6.11. The topological polar surface area (TPSA) is 50.6 Å². The molecule has 1 atom stereocenters. The van der Waals surface area contributed by atoms with E-state index in [2.05, 4.69) is 58.6 Å². The molecule has 158 valence electrons. The third kappa shape index (κ3) is 2.66. The van der Waals surface area contributed by atoms with Crippen LogP contribution in [0.3, 0.4) is 0 Å². The lowest BCUT2D eigenvalue weighted by Crippen LogP contribution is -2.43. The molecule has 5 heteroatoms. The third-order valence-corrected chi connectivity index (χ3v) is 7.41. The zero-order valence-corrected chi connectivity index (χ0v) is 18.1. The van der Waals surface area contributed by atoms with Crippen molar-refractivity contribution in [1.82, 2.24) is 15.3 Å². The Morgan fingerprint density at radius 2 is 1.78 bits per heavy atom. The lowest BCUT2D eigenvalue weighted by atomic mass is 9.71. The molecule has 1 aliphatic heterocycles. The van der Waals surface area contributed by atoms with E-state index >= 15 is 0 Å². The van der Waals surface area contributed by atoms with Crippen molar-refractivity contribution < 1.29 is 4.84 Å². The summed E-state index contributed by atoms with van der Waals surface area (Å²) in [7, 11) is 1.86. The predicted octanol–water partition coefficient (Wildman–Crippen LogP) is 4.33. The highest BCUT2D eigenvalue weighted by Crippen LogP contribution is 2.61. The van der Waals surface area contributed by atoms with Crippen LogP contribution in [0.15, 0.2) is 65.8 Å². The van der Waals surface area contributed by atoms with Crippen LogP contribution >= 0.6 is 0 Å². The second-order valence-corrected chi connectivity index (χ2v) is 9.02. The maximum Gasteiger partial charge on any atom is 0.219 e. The number of aromatic nitrogens is 2. The van der Waals surface area contributed by atoms with Gasteiger partial charge in [0.25, 0.3) is 0 Å². The molecule has 1 unspecified atom stereocenters. The first-order valence-corrected chi connectivity index (χ1v) is 11.1. The van der Waals surface area contributed by atoms with Gasteiger partial charge in [0.15, 0.2) is 0 Å². The van der Waals surface area contributed by atoms with E-state index in [1.807, 2.05) is 19.2 Å². The number of fused-ring (bicyclic) bond motifs is 4. The van der Waals surface area contributed by atoms with Crippen LogP contribution in [-0.2, 0) is 29.8 Å². The zero-order valence-electron chi connectivity index (χ0n) is 18.1. The first-order chi connectivity index (χ1) is 15.6. The maximum absolute atomic E-state index is 6.63. The number of rotatable bonds is 1. The number of aliphatic imine (C=N–C) groups is 1. The summed E-state index contributed by atoms with van der Waals surface area (Å²) in [4.78, 5) is 11.8. The monoisotopic (exact) mass is 420 g/mol. The molecule has 0 N–H and O–H groups in total. The SMILES string of the molecule is C#CC1=NC2(ON1C)c1cc(-c3cccnn3)ccc1CC21CCc2ccccc2CC1. The molecule has 5 nitrogen and oxygen atoms in total. The van der Waals surface area contributed by atoms with Gasteiger partial charge in [0.05, 0.1) is 5.69 Å². The number of nitrogens with zero attached hydrogens (tertiary/aromatic N) is 4. The minimum Gasteiger partial charge on any atom is -0.236 e. The summed E-state index contributed by atoms with van der Waals surface area (Å²) in [6.45, 7) is 0. The van der Waals surface area contributed by atoms with Gasteiger partial charge in [-0.3, -0.25) is 0 Å². The molecule has 0 bridgehead atoms. The van der Waals surface area contributed by atoms with Crippen LogP contribution in [-0.4, -0.2) is 28.1 Å². The van der Waals surface area contributed by atoms with Gasteiger partial charge in [-0.05, 0) is 72.9 Å². The molecule has 2 heterocycles. The summed E-state index contributed by atoms with van der Waals surface area (Å²) in [6.07, 6.45) is 12.4. The second kappa shape index (κ2) is 7.01. The number of terminal acetylenes is 1. The average Bonchev–Trinajstić information content (AvgIpc) is 3.23. The molecular formula is C27H24N4O. The quantitative estimate of drug-likeness (QED) is 0.550. The van der Waals surface area contributed by atoms with Crippen molar-refractivity contribution in [3.8, 4) is 23.6 Å². The van der Waals surface area contributed by atoms with Gasteiger partial charge in [0.1, 0.15) is 0 Å². The highest BCUT2D eigenvalue weighted by atomic mass is 16.7. The van der Waals surface area contributed by atoms with Crippen molar-refractivity contribution in [2.24, 2.45) is 10.4 Å². The van der Waals surface area contributed by atoms with Crippen LogP contribution in [0.1, 0.15) is 35.1 Å². The van der Waals surface area contributed by atoms with E-state index in [0.29, 0.717) is 5.84 Å². The molecule has 0 saturated carbocycles. The van der Waals surface area contributed by atoms with E-state index in [4.69, 9.17) is 16.3 Å². The molecule has 1 aromatic heterocycles. The first-order valence-electron chi connectivity index (χ1n) is 11.1. The third-order valence-electron chi connectivity index (χ3n) is 7.41. The van der Waals surface area contributed by atoms with Crippen molar-refractivity contribution in [2.45, 2.75) is 37.8 Å². The molecule has 2 aromatic carbocycles. The van der Waals surface area contributed by atoms with Gasteiger partial charge >= 0.3 is 0 Å². The number of benzene rings is 2. The van der Waals surface area contributed by atoms with Crippen LogP contribution in [0, 0.1) is 17.8 Å². The Balaban J connectivity index is 1.51. The Morgan fingerprint density at radius 1 is 1.00 bits per heavy atom. The van der Waals surface area contributed by atoms with Crippen LogP contribution in [0.2, 0.25) is 0 Å². The largest absolute Gasteiger partial charge is 0.236 e. The van der Waals surface area contributed by atoms with Crippen molar-refractivity contribution >= 4 is 5.84 Å². The Morgan fingerprint density at radius 3 is 2.44 bits per heavy atom. The number of hydroxylamine groups is 2. The zero-order chi connectivity index (χ0) is 21.8. The Labute approximate surface area is 188 Å². The molecule has 3 aromatic rings. The number of hydrogen-bond acceptors (Lipinski definition) is 5. The standard InChI is InChI=1S/C27H24N4O/c1-3-25-29-27(32-31(25)2)23-17-21(24-9-6-16-28-30-24)10-11-22(23)18-26(27)14-12-19-7-4-5-8-20(19)13-15-26/h1,4-11,16-17H,12-15,18H2,2H3. The number of amidine groups is 1. The fraction of sp³-hybridized carbons (Fsp3) is 0.296. The minimum atomic E-state index is -0.820. The highest BCUT2D eigenvalue weighted by molar-refractivity contribution is 5.98. The molecule has 2 aliphatic carbocycles. The smallest absolute Gasteiger partial charge is 0.219 e. The lowest BCUT2D eigenvalue weighted by molar-refractivity contribution is -0.224. The molecule has 0 radical (unpaired) electrons. The fourth-order valence-corrected chi connectivity index (χ4v) is 5.79. The van der Waals surface area contributed by atoms with Gasteiger partial charge < -0.3 is 0 Å². The summed E-state index contributed by atoms with van der Waals surface area (Å²) >= 11 is 0. The molecule has 3 aliphatic rings. The van der Waals surface area contributed by atoms with E-state index < -0.39 is 5.72 Å². The summed E-state index contributed by atoms with van der Waals surface area (Å²) in [5, 5.41) is 10.0. The normalized spacial score (nSPS) is 22.9. The summed E-state index contributed by atoms with van der Waals surface area (Å²) in [5.74, 6) is 3.27. The summed E-state index contributed by atoms with van der Waals surface area (Å²) in [6, 6.07) is 19.2. The van der Waals surface area contributed by atoms with E-state index in [1.165, 1.54) is 16.7 Å². The Hall–Kier alpha value is -3.49. The Kier molecular flexibility index (Phi) is 4.21. The fourth-order valence-electron chi connectivity index (χ4n) is 5.79. The van der Waals surface area contributed by atoms with Crippen LogP contribution in [0.25, 0.3) is 11.3 Å². The number of hydrogen-bond donors (Lipinski definition) is 0. The molecule has 0 amide bonds. The van der Waals surface area contributed by atoms with Gasteiger partial charge in [-0.25, -0.2) is 14.9 Å². The molecule has 6 rings (SSSR count). The number of aryl methyl sites for hydroxylation is 2. The van der Waals surface area contributed by atoms with Gasteiger partial charge in [-0.1, -0.05) is 36.4 Å². The van der Waals surface area contributed by atoms with E-state index in [0.717, 1.165) is 48.9 Å². The van der Waals surface area contributed by atoms with Crippen molar-refractivity contribution in [2.75, 3.05) is 7.05 Å². The molecule has 32 heavy (non-hydrogen) atoms. The van der Waals surface area contributed by atoms with Gasteiger partial charge in [-0.15, -0.1) is 6.42 Å².